The summed E-state index contributed by atoms with van der Waals surface area (Å²) in [4.78, 5) is 4.32. The van der Waals surface area contributed by atoms with Gasteiger partial charge in [-0.15, -0.1) is 8.58 Å². The summed E-state index contributed by atoms with van der Waals surface area (Å²) in [5, 5.41) is 7.09. The van der Waals surface area contributed by atoms with Crippen molar-refractivity contribution in [2.75, 3.05) is 25.1 Å². The van der Waals surface area contributed by atoms with Crippen LogP contribution in [0.5, 0.6) is 0 Å². The monoisotopic (exact) mass is 301 g/mol. The average molecular weight is 301 g/mol. The lowest BCUT2D eigenvalue weighted by Gasteiger charge is -2.27. The first-order valence-electron chi connectivity index (χ1n) is 7.25. The summed E-state index contributed by atoms with van der Waals surface area (Å²) in [5.74, 6) is 0.907. The molecule has 0 saturated carbocycles. The van der Waals surface area contributed by atoms with Gasteiger partial charge in [-0.2, -0.15) is 0 Å². The molecule has 4 heteroatoms. The zero-order valence-corrected chi connectivity index (χ0v) is 14.0. The van der Waals surface area contributed by atoms with E-state index in [1.54, 1.807) is 6.20 Å². The summed E-state index contributed by atoms with van der Waals surface area (Å²) in [6.07, 6.45) is 5.94. The van der Waals surface area contributed by atoms with E-state index in [4.69, 9.17) is 0 Å². The van der Waals surface area contributed by atoms with Crippen molar-refractivity contribution in [2.45, 2.75) is 19.0 Å². The van der Waals surface area contributed by atoms with Crippen LogP contribution in [0, 0.1) is 0 Å². The molecule has 21 heavy (non-hydrogen) atoms. The lowest BCUT2D eigenvalue weighted by atomic mass is 9.93. The van der Waals surface area contributed by atoms with E-state index < -0.39 is 0 Å². The molecule has 2 heterocycles. The number of hydrogen-bond donors (Lipinski definition) is 2. The Hall–Kier alpha value is -1.60. The molecular formula is C17H24N3P. The van der Waals surface area contributed by atoms with Crippen molar-refractivity contribution in [1.82, 2.24) is 10.3 Å². The molecule has 1 aromatic heterocycles. The molecule has 0 spiro atoms. The number of nitrogens with one attached hydrogen (secondary N) is 2. The van der Waals surface area contributed by atoms with E-state index in [0.29, 0.717) is 0 Å². The first kappa shape index (κ1) is 15.8. The Kier molecular flexibility index (Phi) is 5.19. The first-order valence-corrected chi connectivity index (χ1v) is 8.75. The number of pyridine rings is 1. The maximum absolute atomic E-state index is 4.32. The third-order valence-corrected chi connectivity index (χ3v) is 5.53. The van der Waals surface area contributed by atoms with Gasteiger partial charge in [0, 0.05) is 30.1 Å². The van der Waals surface area contributed by atoms with Crippen molar-refractivity contribution in [2.24, 2.45) is 0 Å². The van der Waals surface area contributed by atoms with Gasteiger partial charge in [0.25, 0.3) is 0 Å². The summed E-state index contributed by atoms with van der Waals surface area (Å²) in [6.45, 7) is 12.4. The van der Waals surface area contributed by atoms with Gasteiger partial charge in [0.15, 0.2) is 0 Å². The van der Waals surface area contributed by atoms with Gasteiger partial charge in [-0.05, 0) is 42.9 Å². The highest BCUT2D eigenvalue weighted by Gasteiger charge is 2.35. The number of allylic oxidation sites excluding steroid dienone is 2. The van der Waals surface area contributed by atoms with E-state index >= 15 is 0 Å². The lowest BCUT2D eigenvalue weighted by molar-refractivity contribution is 0.740. The van der Waals surface area contributed by atoms with Crippen molar-refractivity contribution in [3.8, 4) is 0 Å². The molecule has 0 fully saturated rings. The Labute approximate surface area is 129 Å². The number of rotatable bonds is 6. The summed E-state index contributed by atoms with van der Waals surface area (Å²) >= 11 is 0. The molecular weight excluding hydrogens is 277 g/mol. The lowest BCUT2D eigenvalue weighted by Crippen LogP contribution is -2.27. The molecule has 2 atom stereocenters. The van der Waals surface area contributed by atoms with Crippen LogP contribution in [0.3, 0.4) is 0 Å². The molecule has 0 bridgehead atoms. The third-order valence-electron chi connectivity index (χ3n) is 4.00. The fourth-order valence-electron chi connectivity index (χ4n) is 2.65. The normalized spacial score (nSPS) is 22.7. The van der Waals surface area contributed by atoms with Crippen LogP contribution < -0.4 is 10.6 Å². The minimum atomic E-state index is 0.192. The van der Waals surface area contributed by atoms with Crippen LogP contribution >= 0.6 is 8.58 Å². The van der Waals surface area contributed by atoms with Crippen LogP contribution in [0.4, 0.5) is 5.82 Å². The summed E-state index contributed by atoms with van der Waals surface area (Å²) in [7, 11) is 0.848. The minimum absolute atomic E-state index is 0.192. The quantitative estimate of drug-likeness (QED) is 0.789. The predicted molar refractivity (Wildman–Crippen MR) is 94.4 cm³/mol. The van der Waals surface area contributed by atoms with Crippen LogP contribution in [0.2, 0.25) is 0 Å². The second kappa shape index (κ2) is 6.91. The van der Waals surface area contributed by atoms with Gasteiger partial charge in [-0.3, -0.25) is 0 Å². The Balaban J connectivity index is 2.22. The topological polar surface area (TPSA) is 37.0 Å². The Bertz CT molecular complexity index is 563. The first-order chi connectivity index (χ1) is 10.1. The predicted octanol–water partition coefficient (Wildman–Crippen LogP) is 3.55. The standard InChI is InChI=1S/C17H24N3P/c1-5-13(11-19-15-9-7-8-10-18-15)16-14(6-2)20-12-17(16,3)21-4/h5-10,20-21H,2,11-12H2,1,3-4H3,(H,18,19)/b13-5-. The maximum Gasteiger partial charge on any atom is 0.126 e. The molecule has 112 valence electrons. The summed E-state index contributed by atoms with van der Waals surface area (Å²) in [6, 6.07) is 5.91. The Morgan fingerprint density at radius 2 is 2.38 bits per heavy atom. The molecule has 0 radical (unpaired) electrons. The molecule has 0 aromatic carbocycles. The summed E-state index contributed by atoms with van der Waals surface area (Å²) in [5.41, 5.74) is 3.88. The van der Waals surface area contributed by atoms with Crippen molar-refractivity contribution >= 4 is 14.4 Å². The largest absolute Gasteiger partial charge is 0.384 e. The zero-order chi connectivity index (χ0) is 15.3. The van der Waals surface area contributed by atoms with E-state index in [2.05, 4.69) is 48.8 Å². The highest BCUT2D eigenvalue weighted by atomic mass is 31.1. The summed E-state index contributed by atoms with van der Waals surface area (Å²) < 4.78 is 0. The molecule has 3 nitrogen and oxygen atoms in total. The van der Waals surface area contributed by atoms with Crippen molar-refractivity contribution in [3.05, 3.63) is 60.0 Å². The van der Waals surface area contributed by atoms with Crippen LogP contribution in [0.15, 0.2) is 60.0 Å². The second-order valence-electron chi connectivity index (χ2n) is 5.31. The van der Waals surface area contributed by atoms with E-state index in [1.165, 1.54) is 16.8 Å². The highest BCUT2D eigenvalue weighted by Crippen LogP contribution is 2.43. The van der Waals surface area contributed by atoms with E-state index in [0.717, 1.165) is 27.5 Å². The fraction of sp³-hybridized carbons (Fsp3) is 0.353. The van der Waals surface area contributed by atoms with Crippen LogP contribution in [-0.2, 0) is 0 Å². The van der Waals surface area contributed by atoms with Gasteiger partial charge in [0.05, 0.1) is 0 Å². The van der Waals surface area contributed by atoms with Gasteiger partial charge in [0.2, 0.25) is 0 Å². The number of nitrogens with zero attached hydrogens (tertiary/aromatic N) is 1. The van der Waals surface area contributed by atoms with Gasteiger partial charge in [-0.1, -0.05) is 25.6 Å². The SMILES string of the molecule is C=CC1=C(/C(=C\C)CNc2ccccn2)C(C)(PC)CN1. The molecule has 1 aliphatic heterocycles. The smallest absolute Gasteiger partial charge is 0.126 e. The van der Waals surface area contributed by atoms with Crippen molar-refractivity contribution in [3.63, 3.8) is 0 Å². The molecule has 1 aliphatic rings. The Morgan fingerprint density at radius 3 is 2.95 bits per heavy atom. The van der Waals surface area contributed by atoms with Crippen LogP contribution in [-0.4, -0.2) is 29.9 Å². The number of aromatic nitrogens is 1. The van der Waals surface area contributed by atoms with Gasteiger partial charge in [0.1, 0.15) is 5.82 Å². The Morgan fingerprint density at radius 1 is 1.57 bits per heavy atom. The molecule has 0 amide bonds. The van der Waals surface area contributed by atoms with E-state index in [9.17, 15) is 0 Å². The average Bonchev–Trinajstić information content (AvgIpc) is 2.87. The second-order valence-corrected chi connectivity index (χ2v) is 6.91. The number of hydrogen-bond acceptors (Lipinski definition) is 3. The molecule has 2 rings (SSSR count). The number of anilines is 1. The zero-order valence-electron chi connectivity index (χ0n) is 13.0. The maximum atomic E-state index is 4.32. The van der Waals surface area contributed by atoms with Crippen molar-refractivity contribution in [1.29, 1.82) is 0 Å². The highest BCUT2D eigenvalue weighted by molar-refractivity contribution is 7.39. The van der Waals surface area contributed by atoms with Crippen LogP contribution in [0.25, 0.3) is 0 Å². The van der Waals surface area contributed by atoms with E-state index in [-0.39, 0.29) is 5.16 Å². The van der Waals surface area contributed by atoms with Gasteiger partial charge >= 0.3 is 0 Å². The minimum Gasteiger partial charge on any atom is -0.384 e. The molecule has 2 N–H and O–H groups in total. The van der Waals surface area contributed by atoms with E-state index in [1.807, 2.05) is 24.3 Å². The third kappa shape index (κ3) is 3.36. The van der Waals surface area contributed by atoms with Crippen LogP contribution in [0.1, 0.15) is 13.8 Å². The fourth-order valence-corrected chi connectivity index (χ4v) is 3.46. The van der Waals surface area contributed by atoms with Crippen molar-refractivity contribution < 1.29 is 0 Å². The van der Waals surface area contributed by atoms with Gasteiger partial charge < -0.3 is 10.6 Å². The van der Waals surface area contributed by atoms with Gasteiger partial charge in [-0.25, -0.2) is 4.98 Å². The molecule has 1 aromatic rings. The molecule has 0 saturated heterocycles. The molecule has 0 aliphatic carbocycles. The molecule has 2 unspecified atom stereocenters.